The molecule has 0 bridgehead atoms. The van der Waals surface area contributed by atoms with E-state index in [9.17, 15) is 0 Å². The molecular weight excluding hydrogens is 244 g/mol. The van der Waals surface area contributed by atoms with E-state index in [1.165, 1.54) is 55.5 Å². The van der Waals surface area contributed by atoms with Gasteiger partial charge in [0.15, 0.2) is 0 Å². The van der Waals surface area contributed by atoms with Crippen LogP contribution >= 0.6 is 0 Å². The predicted octanol–water partition coefficient (Wildman–Crippen LogP) is 4.07. The van der Waals surface area contributed by atoms with E-state index >= 15 is 0 Å². The van der Waals surface area contributed by atoms with Crippen LogP contribution in [-0.2, 0) is 18.4 Å². The maximum atomic E-state index is 4.77. The zero-order valence-electron chi connectivity index (χ0n) is 13.3. The number of hydrogen-bond acceptors (Lipinski definition) is 2. The summed E-state index contributed by atoms with van der Waals surface area (Å²) >= 11 is 0. The highest BCUT2D eigenvalue weighted by molar-refractivity contribution is 5.31. The van der Waals surface area contributed by atoms with Gasteiger partial charge >= 0.3 is 0 Å². The van der Waals surface area contributed by atoms with E-state index in [0.29, 0.717) is 0 Å². The Bertz CT molecular complexity index is 472. The number of fused-ring (bicyclic) bond motifs is 1. The summed E-state index contributed by atoms with van der Waals surface area (Å²) in [6.07, 6.45) is 10.1. The van der Waals surface area contributed by atoms with Gasteiger partial charge in [0.05, 0.1) is 0 Å². The van der Waals surface area contributed by atoms with Gasteiger partial charge in [0.1, 0.15) is 0 Å². The Morgan fingerprint density at radius 1 is 1.30 bits per heavy atom. The summed E-state index contributed by atoms with van der Waals surface area (Å²) in [6.45, 7) is 9.26. The van der Waals surface area contributed by atoms with Gasteiger partial charge in [0, 0.05) is 37.4 Å². The molecule has 1 aromatic heterocycles. The van der Waals surface area contributed by atoms with E-state index < -0.39 is 0 Å². The molecule has 3 rings (SSSR count). The molecular formula is C18H28N2. The van der Waals surface area contributed by atoms with Crippen molar-refractivity contribution in [2.24, 2.45) is 0 Å². The van der Waals surface area contributed by atoms with Crippen molar-refractivity contribution in [3.63, 3.8) is 0 Å². The van der Waals surface area contributed by atoms with E-state index in [2.05, 4.69) is 37.9 Å². The van der Waals surface area contributed by atoms with Crippen LogP contribution in [0.5, 0.6) is 0 Å². The molecule has 1 aliphatic carbocycles. The molecule has 0 atom stereocenters. The number of nitrogens with zero attached hydrogens (tertiary/aromatic N) is 2. The van der Waals surface area contributed by atoms with E-state index in [0.717, 1.165) is 19.0 Å². The second-order valence-electron chi connectivity index (χ2n) is 7.23. The van der Waals surface area contributed by atoms with Crippen molar-refractivity contribution < 1.29 is 0 Å². The minimum absolute atomic E-state index is 0.248. The molecule has 0 N–H and O–H groups in total. The lowest BCUT2D eigenvalue weighted by Gasteiger charge is -2.34. The minimum Gasteiger partial charge on any atom is -0.296 e. The maximum absolute atomic E-state index is 4.77. The smallest absolute Gasteiger partial charge is 0.0461 e. The van der Waals surface area contributed by atoms with Crippen LogP contribution in [0.25, 0.3) is 0 Å². The molecule has 110 valence electrons. The fraction of sp³-hybridized carbons (Fsp3) is 0.722. The molecule has 0 aromatic carbocycles. The number of rotatable bonds is 3. The zero-order valence-corrected chi connectivity index (χ0v) is 13.3. The van der Waals surface area contributed by atoms with Crippen LogP contribution in [0.3, 0.4) is 0 Å². The molecule has 2 nitrogen and oxygen atoms in total. The lowest BCUT2D eigenvalue weighted by molar-refractivity contribution is 0.179. The molecule has 1 aromatic rings. The highest BCUT2D eigenvalue weighted by Gasteiger charge is 2.27. The van der Waals surface area contributed by atoms with E-state index in [4.69, 9.17) is 4.98 Å². The molecule has 2 heteroatoms. The van der Waals surface area contributed by atoms with Gasteiger partial charge in [0.2, 0.25) is 0 Å². The minimum atomic E-state index is 0.248. The molecule has 20 heavy (non-hydrogen) atoms. The molecule has 2 aliphatic rings. The van der Waals surface area contributed by atoms with E-state index in [1.54, 1.807) is 0 Å². The van der Waals surface area contributed by atoms with Crippen molar-refractivity contribution in [1.82, 2.24) is 9.88 Å². The van der Waals surface area contributed by atoms with Crippen LogP contribution in [0, 0.1) is 0 Å². The summed E-state index contributed by atoms with van der Waals surface area (Å²) in [5.41, 5.74) is 4.49. The average Bonchev–Trinajstić information content (AvgIpc) is 3.00. The average molecular weight is 272 g/mol. The first-order valence-electron chi connectivity index (χ1n) is 8.32. The van der Waals surface area contributed by atoms with Crippen LogP contribution in [0.4, 0.5) is 0 Å². The second kappa shape index (κ2) is 5.48. The Balaban J connectivity index is 1.82. The first kappa shape index (κ1) is 14.1. The molecule has 2 heterocycles. The Labute approximate surface area is 123 Å². The van der Waals surface area contributed by atoms with Crippen LogP contribution in [0.1, 0.15) is 69.7 Å². The summed E-state index contributed by atoms with van der Waals surface area (Å²) in [4.78, 5) is 7.48. The Hall–Kier alpha value is -0.890. The van der Waals surface area contributed by atoms with Crippen LogP contribution in [0.2, 0.25) is 0 Å². The molecule has 1 aliphatic heterocycles. The Kier molecular flexibility index (Phi) is 3.85. The van der Waals surface area contributed by atoms with Crippen molar-refractivity contribution in [2.75, 3.05) is 6.54 Å². The summed E-state index contributed by atoms with van der Waals surface area (Å²) in [7, 11) is 0. The summed E-state index contributed by atoms with van der Waals surface area (Å²) < 4.78 is 0. The van der Waals surface area contributed by atoms with Gasteiger partial charge in [-0.1, -0.05) is 39.7 Å². The summed E-state index contributed by atoms with van der Waals surface area (Å²) in [5, 5.41) is 0. The number of aromatic nitrogens is 1. The number of hydrogen-bond donors (Lipinski definition) is 0. The maximum Gasteiger partial charge on any atom is 0.0461 e. The number of pyridine rings is 1. The molecule has 1 saturated carbocycles. The van der Waals surface area contributed by atoms with Gasteiger partial charge in [-0.25, -0.2) is 0 Å². The van der Waals surface area contributed by atoms with Crippen molar-refractivity contribution in [1.29, 1.82) is 0 Å². The van der Waals surface area contributed by atoms with Gasteiger partial charge < -0.3 is 0 Å². The SMILES string of the molecule is CCC(C)(C)c1cnc2c(c1)CN(C1CCCC1)CC2. The lowest BCUT2D eigenvalue weighted by atomic mass is 9.82. The lowest BCUT2D eigenvalue weighted by Crippen LogP contribution is -2.38. The van der Waals surface area contributed by atoms with Gasteiger partial charge in [-0.05, 0) is 35.8 Å². The second-order valence-corrected chi connectivity index (χ2v) is 7.23. The first-order valence-corrected chi connectivity index (χ1v) is 8.32. The van der Waals surface area contributed by atoms with Crippen molar-refractivity contribution in [3.05, 3.63) is 29.1 Å². The van der Waals surface area contributed by atoms with Crippen molar-refractivity contribution in [3.8, 4) is 0 Å². The van der Waals surface area contributed by atoms with Crippen molar-refractivity contribution in [2.45, 2.75) is 77.3 Å². The van der Waals surface area contributed by atoms with Crippen LogP contribution < -0.4 is 0 Å². The normalized spacial score (nSPS) is 21.1. The van der Waals surface area contributed by atoms with E-state index in [-0.39, 0.29) is 5.41 Å². The quantitative estimate of drug-likeness (QED) is 0.824. The molecule has 0 amide bonds. The Morgan fingerprint density at radius 2 is 2.05 bits per heavy atom. The molecule has 0 saturated heterocycles. The fourth-order valence-electron chi connectivity index (χ4n) is 3.60. The van der Waals surface area contributed by atoms with Gasteiger partial charge in [0.25, 0.3) is 0 Å². The largest absolute Gasteiger partial charge is 0.296 e. The summed E-state index contributed by atoms with van der Waals surface area (Å²) in [5.74, 6) is 0. The van der Waals surface area contributed by atoms with Gasteiger partial charge in [-0.3, -0.25) is 9.88 Å². The molecule has 0 unspecified atom stereocenters. The van der Waals surface area contributed by atoms with Gasteiger partial charge in [-0.15, -0.1) is 0 Å². The molecule has 0 radical (unpaired) electrons. The molecule has 0 spiro atoms. The van der Waals surface area contributed by atoms with Crippen LogP contribution in [0.15, 0.2) is 12.3 Å². The standard InChI is InChI=1S/C18H28N2/c1-4-18(2,3)15-11-14-13-20(16-7-5-6-8-16)10-9-17(14)19-12-15/h11-12,16H,4-10,13H2,1-3H3. The van der Waals surface area contributed by atoms with Gasteiger partial charge in [-0.2, -0.15) is 0 Å². The Morgan fingerprint density at radius 3 is 2.75 bits per heavy atom. The monoisotopic (exact) mass is 272 g/mol. The third-order valence-electron chi connectivity index (χ3n) is 5.58. The molecule has 1 fully saturated rings. The predicted molar refractivity (Wildman–Crippen MR) is 83.9 cm³/mol. The van der Waals surface area contributed by atoms with Crippen LogP contribution in [-0.4, -0.2) is 22.5 Å². The third kappa shape index (κ3) is 2.63. The topological polar surface area (TPSA) is 16.1 Å². The first-order chi connectivity index (χ1) is 9.60. The summed E-state index contributed by atoms with van der Waals surface area (Å²) in [6, 6.07) is 3.28. The zero-order chi connectivity index (χ0) is 14.2. The van der Waals surface area contributed by atoms with Crippen molar-refractivity contribution >= 4 is 0 Å². The fourth-order valence-corrected chi connectivity index (χ4v) is 3.60. The highest BCUT2D eigenvalue weighted by Crippen LogP contribution is 2.31. The highest BCUT2D eigenvalue weighted by atomic mass is 15.2. The third-order valence-corrected chi connectivity index (χ3v) is 5.58. The van der Waals surface area contributed by atoms with E-state index in [1.807, 2.05) is 0 Å².